The third-order valence-corrected chi connectivity index (χ3v) is 1.95. The maximum absolute atomic E-state index is 11.0. The quantitative estimate of drug-likeness (QED) is 0.315. The monoisotopic (exact) mass is 166 g/mol. The highest BCUT2D eigenvalue weighted by atomic mass is 16.1. The van der Waals surface area contributed by atoms with Crippen molar-refractivity contribution in [1.82, 2.24) is 5.23 Å². The van der Waals surface area contributed by atoms with Crippen LogP contribution in [-0.2, 0) is 4.79 Å². The summed E-state index contributed by atoms with van der Waals surface area (Å²) in [4.78, 5) is 11.0. The third-order valence-electron chi connectivity index (χ3n) is 1.95. The Hall–Kier alpha value is -0.215. The van der Waals surface area contributed by atoms with E-state index in [1.165, 1.54) is 0 Å². The molecule has 0 saturated heterocycles. The van der Waals surface area contributed by atoms with Crippen molar-refractivity contribution in [2.75, 3.05) is 6.54 Å². The first-order valence-electron chi connectivity index (χ1n) is 4.65. The Morgan fingerprint density at radius 2 is 2.25 bits per heavy atom. The molecular formula is C6H17B3N2O. The van der Waals surface area contributed by atoms with Crippen LogP contribution in [-0.4, -0.2) is 41.2 Å². The number of nitrogens with two attached hydrogens (primary N) is 1. The van der Waals surface area contributed by atoms with Gasteiger partial charge in [0.25, 0.3) is 0 Å². The van der Waals surface area contributed by atoms with Crippen molar-refractivity contribution in [3.63, 3.8) is 0 Å². The first-order chi connectivity index (χ1) is 5.72. The van der Waals surface area contributed by atoms with Crippen molar-refractivity contribution >= 4 is 28.6 Å². The molecule has 66 valence electrons. The Labute approximate surface area is 76.9 Å². The molecule has 0 heterocycles. The van der Waals surface area contributed by atoms with Gasteiger partial charge in [0, 0.05) is 0 Å². The highest BCUT2D eigenvalue weighted by molar-refractivity contribution is 7.08. The molecule has 0 aromatic heterocycles. The van der Waals surface area contributed by atoms with Crippen LogP contribution in [0.1, 0.15) is 19.3 Å². The van der Waals surface area contributed by atoms with E-state index in [1.807, 2.05) is 15.7 Å². The van der Waals surface area contributed by atoms with Gasteiger partial charge in [-0.15, -0.1) is 0 Å². The molecule has 3 N–H and O–H groups in total. The average Bonchev–Trinajstić information content (AvgIpc) is 2.10. The molecule has 0 rings (SSSR count). The normalized spacial score (nSPS) is 12.4. The summed E-state index contributed by atoms with van der Waals surface area (Å²) in [5.74, 6) is 0. The van der Waals surface area contributed by atoms with E-state index >= 15 is 0 Å². The Morgan fingerprint density at radius 1 is 1.58 bits per heavy atom. The van der Waals surface area contributed by atoms with E-state index in [4.69, 9.17) is 5.73 Å². The van der Waals surface area contributed by atoms with Crippen LogP contribution in [0, 0.1) is 0 Å². The second-order valence-electron chi connectivity index (χ2n) is 3.03. The zero-order chi connectivity index (χ0) is 9.40. The largest absolute Gasteiger partial charge is 0.362 e. The van der Waals surface area contributed by atoms with Gasteiger partial charge in [0.05, 0.1) is 19.5 Å². The lowest BCUT2D eigenvalue weighted by molar-refractivity contribution is -0.113. The second-order valence-corrected chi connectivity index (χ2v) is 3.03. The molecule has 1 atom stereocenters. The number of carbonyl (C=O) groups is 1. The van der Waals surface area contributed by atoms with Crippen LogP contribution in [0.5, 0.6) is 0 Å². The molecule has 6 heteroatoms. The molecule has 0 bridgehead atoms. The van der Waals surface area contributed by atoms with Crippen molar-refractivity contribution in [1.29, 1.82) is 0 Å². The predicted octanol–water partition coefficient (Wildman–Crippen LogP) is -2.87. The zero-order valence-corrected chi connectivity index (χ0v) is 8.10. The van der Waals surface area contributed by atoms with Gasteiger partial charge in [-0.05, 0) is 19.4 Å². The van der Waals surface area contributed by atoms with Crippen LogP contribution < -0.4 is 11.0 Å². The molecule has 0 aliphatic carbocycles. The van der Waals surface area contributed by atoms with E-state index in [9.17, 15) is 4.79 Å². The summed E-state index contributed by atoms with van der Waals surface area (Å²) < 4.78 is 0. The number of nitrogens with one attached hydrogen (secondary N) is 1. The molecule has 0 aliphatic heterocycles. The number of unbranched alkanes of at least 4 members (excludes halogenated alkanes) is 1. The van der Waals surface area contributed by atoms with Crippen molar-refractivity contribution < 1.29 is 4.79 Å². The molecule has 0 unspecified atom stereocenters. The highest BCUT2D eigenvalue weighted by Gasteiger charge is 2.09. The summed E-state index contributed by atoms with van der Waals surface area (Å²) in [6.07, 6.45) is 2.96. The number of carbonyl (C=O) groups excluding carboxylic acids is 1. The van der Waals surface area contributed by atoms with Crippen LogP contribution in [0.25, 0.3) is 0 Å². The maximum atomic E-state index is 11.0. The van der Waals surface area contributed by atoms with Crippen molar-refractivity contribution in [2.24, 2.45) is 5.73 Å². The van der Waals surface area contributed by atoms with Gasteiger partial charge >= 0.3 is 0 Å². The summed E-state index contributed by atoms with van der Waals surface area (Å²) in [5.41, 5.74) is 5.82. The fourth-order valence-corrected chi connectivity index (χ4v) is 1.09. The standard InChI is InChI=1S/C6H17B3N2O/c7-9-6(12)5(10)3-1-2-4-11-8/h5,9,11H,1-4,7-8,10H2/t5-/m0/s1. The van der Waals surface area contributed by atoms with E-state index < -0.39 is 0 Å². The van der Waals surface area contributed by atoms with Crippen LogP contribution in [0.4, 0.5) is 0 Å². The van der Waals surface area contributed by atoms with Crippen LogP contribution in [0.2, 0.25) is 0 Å². The number of hydrogen-bond acceptors (Lipinski definition) is 3. The van der Waals surface area contributed by atoms with Crippen molar-refractivity contribution in [2.45, 2.75) is 25.3 Å². The van der Waals surface area contributed by atoms with E-state index in [1.54, 1.807) is 0 Å². The predicted molar refractivity (Wildman–Crippen MR) is 59.1 cm³/mol. The van der Waals surface area contributed by atoms with E-state index in [-0.39, 0.29) is 11.7 Å². The topological polar surface area (TPSA) is 55.1 Å². The van der Waals surface area contributed by atoms with Gasteiger partial charge in [-0.1, -0.05) is 6.42 Å². The molecule has 3 nitrogen and oxygen atoms in total. The van der Waals surface area contributed by atoms with Crippen molar-refractivity contribution in [3.05, 3.63) is 0 Å². The van der Waals surface area contributed by atoms with Crippen LogP contribution in [0.3, 0.4) is 0 Å². The summed E-state index contributed by atoms with van der Waals surface area (Å²) >= 11 is 0. The molecule has 0 amide bonds. The van der Waals surface area contributed by atoms with Gasteiger partial charge in [0.2, 0.25) is 0 Å². The van der Waals surface area contributed by atoms with Crippen molar-refractivity contribution in [3.8, 4) is 0 Å². The minimum Gasteiger partial charge on any atom is -0.362 e. The fourth-order valence-electron chi connectivity index (χ4n) is 1.09. The average molecular weight is 166 g/mol. The second kappa shape index (κ2) is 7.43. The fraction of sp³-hybridized carbons (Fsp3) is 0.833. The Balaban J connectivity index is 3.31. The SMILES string of the molecule is BBC(=O)[C@@H](N)CCCCNB. The lowest BCUT2D eigenvalue weighted by atomic mass is 9.51. The van der Waals surface area contributed by atoms with E-state index in [2.05, 4.69) is 5.23 Å². The summed E-state index contributed by atoms with van der Waals surface area (Å²) in [7, 11) is 4.35. The highest BCUT2D eigenvalue weighted by Crippen LogP contribution is 1.98. The van der Waals surface area contributed by atoms with E-state index in [0.717, 1.165) is 25.8 Å². The Kier molecular flexibility index (Phi) is 7.30. The molecule has 0 aromatic rings. The summed E-state index contributed by atoms with van der Waals surface area (Å²) in [5, 5.41) is 3.06. The molecule has 0 aliphatic rings. The molecule has 0 radical (unpaired) electrons. The van der Waals surface area contributed by atoms with Gasteiger partial charge in [-0.25, -0.2) is 0 Å². The Morgan fingerprint density at radius 3 is 2.75 bits per heavy atom. The molecule has 0 aromatic carbocycles. The first kappa shape index (κ1) is 11.8. The Bertz CT molecular complexity index is 134. The van der Waals surface area contributed by atoms with Gasteiger partial charge in [-0.2, -0.15) is 0 Å². The smallest absolute Gasteiger partial charge is 0.181 e. The van der Waals surface area contributed by atoms with Gasteiger partial charge in [0.1, 0.15) is 0 Å². The van der Waals surface area contributed by atoms with Gasteiger partial charge in [-0.3, -0.25) is 0 Å². The lowest BCUT2D eigenvalue weighted by Crippen LogP contribution is -2.34. The minimum atomic E-state index is -0.230. The molecular weight excluding hydrogens is 149 g/mol. The summed E-state index contributed by atoms with van der Waals surface area (Å²) in [6, 6.07) is -0.230. The molecule has 12 heavy (non-hydrogen) atoms. The van der Waals surface area contributed by atoms with Crippen LogP contribution >= 0.6 is 0 Å². The third kappa shape index (κ3) is 5.44. The number of hydrogen-bond donors (Lipinski definition) is 2. The van der Waals surface area contributed by atoms with E-state index in [0.29, 0.717) is 7.17 Å². The molecule has 0 spiro atoms. The first-order valence-corrected chi connectivity index (χ1v) is 4.65. The maximum Gasteiger partial charge on any atom is 0.181 e. The molecule has 0 fully saturated rings. The molecule has 0 saturated carbocycles. The van der Waals surface area contributed by atoms with Gasteiger partial charge < -0.3 is 15.8 Å². The zero-order valence-electron chi connectivity index (χ0n) is 8.10. The van der Waals surface area contributed by atoms with Crippen LogP contribution in [0.15, 0.2) is 0 Å². The minimum absolute atomic E-state index is 0.180. The lowest BCUT2D eigenvalue weighted by Gasteiger charge is -2.08. The summed E-state index contributed by atoms with van der Waals surface area (Å²) in [6.45, 7) is 1.01. The number of rotatable bonds is 7. The van der Waals surface area contributed by atoms with Gasteiger partial charge in [0.15, 0.2) is 15.2 Å².